The topological polar surface area (TPSA) is 74.7 Å². The summed E-state index contributed by atoms with van der Waals surface area (Å²) < 4.78 is 16.1. The Labute approximate surface area is 138 Å². The van der Waals surface area contributed by atoms with Gasteiger partial charge in [0.15, 0.2) is 0 Å². The van der Waals surface area contributed by atoms with Crippen LogP contribution in [-0.2, 0) is 0 Å². The number of hydrogen-bond donors (Lipinski definition) is 1. The van der Waals surface area contributed by atoms with E-state index in [1.165, 1.54) is 6.07 Å². The summed E-state index contributed by atoms with van der Waals surface area (Å²) in [7, 11) is 3.17. The fraction of sp³-hybridized carbons (Fsp3) is 0.105. The first-order valence-electron chi connectivity index (χ1n) is 7.35. The first-order valence-corrected chi connectivity index (χ1v) is 7.35. The molecule has 5 nitrogen and oxygen atoms in total. The number of benzene rings is 2. The lowest BCUT2D eigenvalue weighted by atomic mass is 10.1. The van der Waals surface area contributed by atoms with E-state index < -0.39 is 5.63 Å². The van der Waals surface area contributed by atoms with Crippen molar-refractivity contribution < 1.29 is 13.9 Å². The number of nitrogens with two attached hydrogens (primary N) is 1. The zero-order valence-electron chi connectivity index (χ0n) is 13.4. The van der Waals surface area contributed by atoms with Crippen molar-refractivity contribution in [2.75, 3.05) is 20.0 Å². The average Bonchev–Trinajstić information content (AvgIpc) is 2.59. The Balaban J connectivity index is 2.17. The standard InChI is InChI=1S/C19H17NO4/c1-22-16-9-6-14(20)11-13(16)3-7-15-17(23-2)8-4-12-5-10-18(21)24-19(12)15/h3-11H,20H2,1-2H3. The van der Waals surface area contributed by atoms with Gasteiger partial charge in [-0.15, -0.1) is 0 Å². The van der Waals surface area contributed by atoms with Gasteiger partial charge in [0.1, 0.15) is 17.1 Å². The molecule has 0 aliphatic carbocycles. The van der Waals surface area contributed by atoms with E-state index in [2.05, 4.69) is 0 Å². The molecule has 1 heterocycles. The molecule has 3 rings (SSSR count). The number of nitrogen functional groups attached to an aromatic ring is 1. The molecule has 0 aliphatic heterocycles. The summed E-state index contributed by atoms with van der Waals surface area (Å²) in [5.74, 6) is 1.30. The summed E-state index contributed by atoms with van der Waals surface area (Å²) in [6.07, 6.45) is 3.67. The van der Waals surface area contributed by atoms with Crippen LogP contribution < -0.4 is 20.8 Å². The SMILES string of the molecule is COc1ccc(N)cc1C=Cc1c(OC)ccc2ccc(=O)oc12. The minimum atomic E-state index is -0.410. The van der Waals surface area contributed by atoms with Gasteiger partial charge in [0, 0.05) is 22.7 Å². The van der Waals surface area contributed by atoms with Gasteiger partial charge in [-0.05, 0) is 42.5 Å². The van der Waals surface area contributed by atoms with Crippen LogP contribution in [0.15, 0.2) is 51.7 Å². The second-order valence-corrected chi connectivity index (χ2v) is 5.19. The van der Waals surface area contributed by atoms with Crippen molar-refractivity contribution in [3.63, 3.8) is 0 Å². The summed E-state index contributed by atoms with van der Waals surface area (Å²) in [6.45, 7) is 0. The normalized spacial score (nSPS) is 11.1. The van der Waals surface area contributed by atoms with E-state index in [0.717, 1.165) is 10.9 Å². The minimum absolute atomic E-state index is 0.410. The van der Waals surface area contributed by atoms with E-state index >= 15 is 0 Å². The van der Waals surface area contributed by atoms with Crippen LogP contribution in [0.3, 0.4) is 0 Å². The Hall–Kier alpha value is -3.21. The van der Waals surface area contributed by atoms with Crippen LogP contribution in [0.5, 0.6) is 11.5 Å². The quantitative estimate of drug-likeness (QED) is 0.451. The molecule has 0 saturated carbocycles. The highest BCUT2D eigenvalue weighted by Crippen LogP contribution is 2.30. The first kappa shape index (κ1) is 15.7. The van der Waals surface area contributed by atoms with Crippen LogP contribution in [0, 0.1) is 0 Å². The van der Waals surface area contributed by atoms with Gasteiger partial charge in [-0.1, -0.05) is 6.08 Å². The van der Waals surface area contributed by atoms with Crippen molar-refractivity contribution in [3.05, 3.63) is 64.0 Å². The molecule has 0 spiro atoms. The van der Waals surface area contributed by atoms with Crippen molar-refractivity contribution in [3.8, 4) is 11.5 Å². The molecule has 0 atom stereocenters. The third-order valence-corrected chi connectivity index (χ3v) is 3.69. The van der Waals surface area contributed by atoms with Crippen LogP contribution in [0.1, 0.15) is 11.1 Å². The van der Waals surface area contributed by atoms with Crippen molar-refractivity contribution in [2.24, 2.45) is 0 Å². The predicted octanol–water partition coefficient (Wildman–Crippen LogP) is 3.56. The summed E-state index contributed by atoms with van der Waals surface area (Å²) >= 11 is 0. The predicted molar refractivity (Wildman–Crippen MR) is 95.4 cm³/mol. The molecule has 1 aromatic heterocycles. The Morgan fingerprint density at radius 3 is 2.42 bits per heavy atom. The molecule has 0 amide bonds. The van der Waals surface area contributed by atoms with E-state index in [0.29, 0.717) is 28.3 Å². The van der Waals surface area contributed by atoms with Crippen molar-refractivity contribution in [1.29, 1.82) is 0 Å². The molecule has 0 saturated heterocycles. The Morgan fingerprint density at radius 2 is 1.67 bits per heavy atom. The first-order chi connectivity index (χ1) is 11.6. The van der Waals surface area contributed by atoms with E-state index in [1.807, 2.05) is 30.4 Å². The zero-order valence-corrected chi connectivity index (χ0v) is 13.4. The minimum Gasteiger partial charge on any atom is -0.496 e. The Bertz CT molecular complexity index is 973. The maximum atomic E-state index is 11.6. The maximum Gasteiger partial charge on any atom is 0.336 e. The Morgan fingerprint density at radius 1 is 0.958 bits per heavy atom. The third kappa shape index (κ3) is 2.96. The van der Waals surface area contributed by atoms with E-state index in [-0.39, 0.29) is 0 Å². The van der Waals surface area contributed by atoms with Crippen LogP contribution in [-0.4, -0.2) is 14.2 Å². The number of fused-ring (bicyclic) bond motifs is 1. The second kappa shape index (κ2) is 6.50. The number of rotatable bonds is 4. The molecule has 24 heavy (non-hydrogen) atoms. The van der Waals surface area contributed by atoms with Crippen LogP contribution in [0.4, 0.5) is 5.69 Å². The van der Waals surface area contributed by atoms with Gasteiger partial charge in [0.05, 0.1) is 19.8 Å². The van der Waals surface area contributed by atoms with E-state index in [1.54, 1.807) is 32.4 Å². The second-order valence-electron chi connectivity index (χ2n) is 5.19. The van der Waals surface area contributed by atoms with Crippen LogP contribution in [0.25, 0.3) is 23.1 Å². The van der Waals surface area contributed by atoms with Gasteiger partial charge in [0.25, 0.3) is 0 Å². The highest BCUT2D eigenvalue weighted by Gasteiger charge is 2.09. The molecule has 2 N–H and O–H groups in total. The molecule has 0 radical (unpaired) electrons. The number of ether oxygens (including phenoxy) is 2. The van der Waals surface area contributed by atoms with Gasteiger partial charge >= 0.3 is 5.63 Å². The van der Waals surface area contributed by atoms with Gasteiger partial charge in [-0.2, -0.15) is 0 Å². The molecule has 0 bridgehead atoms. The summed E-state index contributed by atoms with van der Waals surface area (Å²) in [6, 6.07) is 12.2. The summed E-state index contributed by atoms with van der Waals surface area (Å²) in [5, 5.41) is 0.814. The maximum absolute atomic E-state index is 11.6. The number of hydrogen-bond acceptors (Lipinski definition) is 5. The summed E-state index contributed by atoms with van der Waals surface area (Å²) in [5.41, 5.74) is 8.03. The highest BCUT2D eigenvalue weighted by atomic mass is 16.5. The average molecular weight is 323 g/mol. The zero-order chi connectivity index (χ0) is 17.1. The lowest BCUT2D eigenvalue weighted by molar-refractivity contribution is 0.413. The van der Waals surface area contributed by atoms with E-state index in [9.17, 15) is 4.79 Å². The third-order valence-electron chi connectivity index (χ3n) is 3.69. The number of anilines is 1. The molecular formula is C19H17NO4. The van der Waals surface area contributed by atoms with Gasteiger partial charge < -0.3 is 19.6 Å². The molecule has 0 unspecified atom stereocenters. The molecular weight excluding hydrogens is 306 g/mol. The molecule has 5 heteroatoms. The molecule has 122 valence electrons. The van der Waals surface area contributed by atoms with Crippen molar-refractivity contribution in [1.82, 2.24) is 0 Å². The number of methoxy groups -OCH3 is 2. The monoisotopic (exact) mass is 323 g/mol. The lowest BCUT2D eigenvalue weighted by Gasteiger charge is -2.08. The van der Waals surface area contributed by atoms with Crippen LogP contribution in [0.2, 0.25) is 0 Å². The van der Waals surface area contributed by atoms with Crippen LogP contribution >= 0.6 is 0 Å². The fourth-order valence-electron chi connectivity index (χ4n) is 2.53. The lowest BCUT2D eigenvalue weighted by Crippen LogP contribution is -1.97. The van der Waals surface area contributed by atoms with Crippen molar-refractivity contribution >= 4 is 28.8 Å². The summed E-state index contributed by atoms with van der Waals surface area (Å²) in [4.78, 5) is 11.6. The molecule has 2 aromatic carbocycles. The molecule has 3 aromatic rings. The Kier molecular flexibility index (Phi) is 4.24. The largest absolute Gasteiger partial charge is 0.496 e. The van der Waals surface area contributed by atoms with Gasteiger partial charge in [-0.3, -0.25) is 0 Å². The highest BCUT2D eigenvalue weighted by molar-refractivity contribution is 5.91. The van der Waals surface area contributed by atoms with E-state index in [4.69, 9.17) is 19.6 Å². The molecule has 0 fully saturated rings. The van der Waals surface area contributed by atoms with Gasteiger partial charge in [-0.25, -0.2) is 4.79 Å². The smallest absolute Gasteiger partial charge is 0.336 e. The van der Waals surface area contributed by atoms with Crippen molar-refractivity contribution in [2.45, 2.75) is 0 Å². The van der Waals surface area contributed by atoms with Gasteiger partial charge in [0.2, 0.25) is 0 Å². The fourth-order valence-corrected chi connectivity index (χ4v) is 2.53. The molecule has 0 aliphatic rings.